The molecule has 3 rings (SSSR count). The Kier molecular flexibility index (Phi) is 3.56. The highest BCUT2D eigenvalue weighted by molar-refractivity contribution is 7.99. The second kappa shape index (κ2) is 5.16. The number of rotatable bonds is 0. The fourth-order valence-electron chi connectivity index (χ4n) is 2.58. The monoisotopic (exact) mass is 324 g/mol. The van der Waals surface area contributed by atoms with Gasteiger partial charge >= 0.3 is 6.18 Å². The second-order valence-corrected chi connectivity index (χ2v) is 6.41. The molecule has 2 aromatic rings. The molecule has 0 amide bonds. The number of halogens is 4. The van der Waals surface area contributed by atoms with E-state index in [9.17, 15) is 17.6 Å². The molecule has 0 saturated carbocycles. The lowest BCUT2D eigenvalue weighted by Crippen LogP contribution is -2.08. The normalized spacial score (nSPS) is 13.6. The van der Waals surface area contributed by atoms with Crippen LogP contribution in [0.1, 0.15) is 30.5 Å². The van der Waals surface area contributed by atoms with Gasteiger partial charge in [0, 0.05) is 9.79 Å². The number of hydrogen-bond donors (Lipinski definition) is 0. The maximum absolute atomic E-state index is 13.4. The fourth-order valence-corrected chi connectivity index (χ4v) is 3.68. The molecule has 0 N–H and O–H groups in total. The van der Waals surface area contributed by atoms with Gasteiger partial charge in [-0.2, -0.15) is 13.2 Å². The van der Waals surface area contributed by atoms with E-state index in [2.05, 4.69) is 0 Å². The first-order chi connectivity index (χ1) is 10.3. The molecule has 22 heavy (non-hydrogen) atoms. The lowest BCUT2D eigenvalue weighted by molar-refractivity contribution is -0.137. The molecule has 0 aromatic heterocycles. The smallest absolute Gasteiger partial charge is 0.207 e. The highest BCUT2D eigenvalue weighted by atomic mass is 32.2. The summed E-state index contributed by atoms with van der Waals surface area (Å²) in [6, 6.07) is 8.09. The molecule has 0 saturated heterocycles. The van der Waals surface area contributed by atoms with Crippen LogP contribution in [-0.2, 0) is 6.18 Å². The van der Waals surface area contributed by atoms with Gasteiger partial charge < -0.3 is 0 Å². The van der Waals surface area contributed by atoms with Crippen LogP contribution >= 0.6 is 11.8 Å². The molecule has 114 valence electrons. The number of hydrogen-bond acceptors (Lipinski definition) is 1. The van der Waals surface area contributed by atoms with Crippen LogP contribution in [0.5, 0.6) is 0 Å². The summed E-state index contributed by atoms with van der Waals surface area (Å²) in [6.07, 6.45) is -4.38. The predicted molar refractivity (Wildman–Crippen MR) is 79.3 cm³/mol. The SMILES string of the molecule is CC(C)=C1c2ccc(F)cc2Sc2ccc(C(F)(F)F)cc21. The maximum atomic E-state index is 13.4. The molecule has 0 spiro atoms. The van der Waals surface area contributed by atoms with Gasteiger partial charge in [0.05, 0.1) is 5.56 Å². The highest BCUT2D eigenvalue weighted by Gasteiger charge is 2.32. The zero-order valence-corrected chi connectivity index (χ0v) is 12.7. The zero-order chi connectivity index (χ0) is 16.1. The van der Waals surface area contributed by atoms with Crippen LogP contribution in [-0.4, -0.2) is 0 Å². The highest BCUT2D eigenvalue weighted by Crippen LogP contribution is 2.48. The van der Waals surface area contributed by atoms with Crippen molar-refractivity contribution in [2.45, 2.75) is 29.8 Å². The van der Waals surface area contributed by atoms with E-state index in [1.807, 2.05) is 13.8 Å². The zero-order valence-electron chi connectivity index (χ0n) is 11.9. The number of allylic oxidation sites excluding steroid dienone is 1. The van der Waals surface area contributed by atoms with Crippen molar-refractivity contribution in [3.63, 3.8) is 0 Å². The summed E-state index contributed by atoms with van der Waals surface area (Å²) >= 11 is 1.30. The Morgan fingerprint density at radius 2 is 1.64 bits per heavy atom. The van der Waals surface area contributed by atoms with Crippen molar-refractivity contribution in [3.8, 4) is 0 Å². The number of fused-ring (bicyclic) bond motifs is 2. The van der Waals surface area contributed by atoms with Gasteiger partial charge in [0.2, 0.25) is 0 Å². The van der Waals surface area contributed by atoms with Gasteiger partial charge in [-0.3, -0.25) is 0 Å². The third-order valence-corrected chi connectivity index (χ3v) is 4.64. The molecule has 0 aliphatic carbocycles. The van der Waals surface area contributed by atoms with Crippen molar-refractivity contribution in [1.29, 1.82) is 0 Å². The molecule has 1 aliphatic heterocycles. The lowest BCUT2D eigenvalue weighted by Gasteiger charge is -2.24. The van der Waals surface area contributed by atoms with Crippen LogP contribution in [0, 0.1) is 5.82 Å². The minimum atomic E-state index is -4.38. The molecule has 0 unspecified atom stereocenters. The van der Waals surface area contributed by atoms with Crippen molar-refractivity contribution < 1.29 is 17.6 Å². The van der Waals surface area contributed by atoms with E-state index in [0.717, 1.165) is 27.7 Å². The van der Waals surface area contributed by atoms with Gasteiger partial charge in [-0.05, 0) is 60.9 Å². The van der Waals surface area contributed by atoms with E-state index in [4.69, 9.17) is 0 Å². The molecule has 1 aliphatic rings. The number of alkyl halides is 3. The van der Waals surface area contributed by atoms with Crippen molar-refractivity contribution in [2.24, 2.45) is 0 Å². The first-order valence-electron chi connectivity index (χ1n) is 6.64. The van der Waals surface area contributed by atoms with Gasteiger partial charge in [0.1, 0.15) is 5.82 Å². The van der Waals surface area contributed by atoms with Crippen molar-refractivity contribution in [2.75, 3.05) is 0 Å². The first-order valence-corrected chi connectivity index (χ1v) is 7.46. The first kappa shape index (κ1) is 15.2. The van der Waals surface area contributed by atoms with Crippen LogP contribution in [0.3, 0.4) is 0 Å². The molecule has 0 fully saturated rings. The van der Waals surface area contributed by atoms with Gasteiger partial charge in [0.25, 0.3) is 0 Å². The predicted octanol–water partition coefficient (Wildman–Crippen LogP) is 6.15. The molecule has 5 heteroatoms. The van der Waals surface area contributed by atoms with Crippen LogP contribution < -0.4 is 0 Å². The summed E-state index contributed by atoms with van der Waals surface area (Å²) < 4.78 is 52.3. The second-order valence-electron chi connectivity index (χ2n) is 5.33. The molecular weight excluding hydrogens is 312 g/mol. The molecular formula is C17H12F4S. The topological polar surface area (TPSA) is 0 Å². The minimum absolute atomic E-state index is 0.352. The number of benzene rings is 2. The summed E-state index contributed by atoms with van der Waals surface area (Å²) in [5.41, 5.74) is 2.30. The molecule has 2 aromatic carbocycles. The van der Waals surface area contributed by atoms with E-state index < -0.39 is 11.7 Å². The summed E-state index contributed by atoms with van der Waals surface area (Å²) in [7, 11) is 0. The lowest BCUT2D eigenvalue weighted by atomic mass is 9.92. The molecule has 0 radical (unpaired) electrons. The van der Waals surface area contributed by atoms with Crippen LogP contribution in [0.4, 0.5) is 17.6 Å². The average Bonchev–Trinajstić information content (AvgIpc) is 2.42. The molecule has 0 bridgehead atoms. The average molecular weight is 324 g/mol. The van der Waals surface area contributed by atoms with Crippen molar-refractivity contribution in [3.05, 3.63) is 64.5 Å². The standard InChI is InChI=1S/C17H12F4S/c1-9(2)16-12-5-4-11(18)8-15(12)22-14-6-3-10(7-13(14)16)17(19,20)21/h3-8H,1-2H3. The quantitative estimate of drug-likeness (QED) is 0.447. The van der Waals surface area contributed by atoms with E-state index in [1.54, 1.807) is 6.07 Å². The Labute approximate surface area is 129 Å². The summed E-state index contributed by atoms with van der Waals surface area (Å²) in [4.78, 5) is 1.44. The Hall–Kier alpha value is -1.75. The van der Waals surface area contributed by atoms with E-state index >= 15 is 0 Å². The Balaban J connectivity index is 2.25. The third-order valence-electron chi connectivity index (χ3n) is 3.51. The summed E-state index contributed by atoms with van der Waals surface area (Å²) in [5.74, 6) is -0.352. The van der Waals surface area contributed by atoms with Crippen LogP contribution in [0.15, 0.2) is 51.8 Å². The van der Waals surface area contributed by atoms with E-state index in [1.165, 1.54) is 36.0 Å². The van der Waals surface area contributed by atoms with Gasteiger partial charge in [-0.25, -0.2) is 4.39 Å². The minimum Gasteiger partial charge on any atom is -0.207 e. The molecule has 1 heterocycles. The Morgan fingerprint density at radius 3 is 2.27 bits per heavy atom. The van der Waals surface area contributed by atoms with Gasteiger partial charge in [0.15, 0.2) is 0 Å². The fraction of sp³-hybridized carbons (Fsp3) is 0.176. The summed E-state index contributed by atoms with van der Waals surface area (Å²) in [6.45, 7) is 3.70. The van der Waals surface area contributed by atoms with E-state index in [0.29, 0.717) is 10.5 Å². The molecule has 0 atom stereocenters. The van der Waals surface area contributed by atoms with Gasteiger partial charge in [-0.15, -0.1) is 0 Å². The van der Waals surface area contributed by atoms with Crippen molar-refractivity contribution >= 4 is 17.3 Å². The van der Waals surface area contributed by atoms with Crippen molar-refractivity contribution in [1.82, 2.24) is 0 Å². The maximum Gasteiger partial charge on any atom is 0.416 e. The Morgan fingerprint density at radius 1 is 0.909 bits per heavy atom. The largest absolute Gasteiger partial charge is 0.416 e. The van der Waals surface area contributed by atoms with Crippen LogP contribution in [0.25, 0.3) is 5.57 Å². The molecule has 0 nitrogen and oxygen atoms in total. The summed E-state index contributed by atoms with van der Waals surface area (Å²) in [5, 5.41) is 0. The van der Waals surface area contributed by atoms with Crippen LogP contribution in [0.2, 0.25) is 0 Å². The van der Waals surface area contributed by atoms with E-state index in [-0.39, 0.29) is 5.82 Å². The van der Waals surface area contributed by atoms with Gasteiger partial charge in [-0.1, -0.05) is 23.4 Å². The Bertz CT molecular complexity index is 784. The third kappa shape index (κ3) is 2.54.